The zero-order valence-electron chi connectivity index (χ0n) is 15.9. The van der Waals surface area contributed by atoms with Crippen LogP contribution in [0.3, 0.4) is 0 Å². The van der Waals surface area contributed by atoms with E-state index >= 15 is 0 Å². The summed E-state index contributed by atoms with van der Waals surface area (Å²) in [6.07, 6.45) is 1.91. The van der Waals surface area contributed by atoms with E-state index in [0.29, 0.717) is 17.9 Å². The molecule has 0 aliphatic carbocycles. The summed E-state index contributed by atoms with van der Waals surface area (Å²) >= 11 is 0. The fraction of sp³-hybridized carbons (Fsp3) is 0.350. The number of amides is 1. The molecule has 1 heterocycles. The number of nitro groups is 1. The van der Waals surface area contributed by atoms with Crippen molar-refractivity contribution in [3.05, 3.63) is 63.2 Å². The predicted molar refractivity (Wildman–Crippen MR) is 104 cm³/mol. The molecule has 0 saturated carbocycles. The maximum Gasteiger partial charge on any atom is 0.274 e. The normalized spacial score (nSPS) is 16.7. The zero-order valence-corrected chi connectivity index (χ0v) is 15.9. The van der Waals surface area contributed by atoms with E-state index in [9.17, 15) is 14.9 Å². The zero-order chi connectivity index (χ0) is 20.3. The third-order valence-electron chi connectivity index (χ3n) is 5.10. The van der Waals surface area contributed by atoms with Crippen molar-refractivity contribution >= 4 is 11.6 Å². The number of primary amides is 1. The number of benzene rings is 2. The van der Waals surface area contributed by atoms with Crippen molar-refractivity contribution in [1.29, 1.82) is 0 Å². The minimum atomic E-state index is -0.684. The van der Waals surface area contributed by atoms with Gasteiger partial charge < -0.3 is 15.2 Å². The van der Waals surface area contributed by atoms with Crippen LogP contribution in [0, 0.1) is 10.1 Å². The lowest BCUT2D eigenvalue weighted by molar-refractivity contribution is -0.385. The molecule has 1 atom stereocenters. The van der Waals surface area contributed by atoms with Gasteiger partial charge in [0.1, 0.15) is 11.5 Å². The lowest BCUT2D eigenvalue weighted by Crippen LogP contribution is -2.24. The average molecular weight is 385 g/mol. The van der Waals surface area contributed by atoms with E-state index in [1.807, 2.05) is 18.2 Å². The number of methoxy groups -OCH3 is 2. The van der Waals surface area contributed by atoms with Gasteiger partial charge in [0.05, 0.1) is 19.1 Å². The summed E-state index contributed by atoms with van der Waals surface area (Å²) in [6.45, 7) is 1.21. The Morgan fingerprint density at radius 3 is 2.68 bits per heavy atom. The van der Waals surface area contributed by atoms with Crippen LogP contribution in [-0.4, -0.2) is 36.5 Å². The summed E-state index contributed by atoms with van der Waals surface area (Å²) in [6, 6.07) is 10.2. The molecule has 1 amide bonds. The lowest BCUT2D eigenvalue weighted by atomic mass is 10.0. The van der Waals surface area contributed by atoms with Crippen molar-refractivity contribution in [2.75, 3.05) is 20.8 Å². The van der Waals surface area contributed by atoms with Crippen molar-refractivity contribution < 1.29 is 19.2 Å². The number of likely N-dealkylation sites (tertiary alicyclic amines) is 1. The van der Waals surface area contributed by atoms with Crippen LogP contribution in [0.4, 0.5) is 5.69 Å². The van der Waals surface area contributed by atoms with Gasteiger partial charge in [0.25, 0.3) is 5.69 Å². The predicted octanol–water partition coefficient (Wildman–Crippen LogP) is 3.05. The first kappa shape index (κ1) is 19.6. The Labute approximate surface area is 163 Å². The average Bonchev–Trinajstić information content (AvgIpc) is 3.15. The van der Waals surface area contributed by atoms with E-state index < -0.39 is 10.8 Å². The number of hydrogen-bond acceptors (Lipinski definition) is 6. The Morgan fingerprint density at radius 2 is 2.04 bits per heavy atom. The summed E-state index contributed by atoms with van der Waals surface area (Å²) in [4.78, 5) is 24.6. The van der Waals surface area contributed by atoms with Crippen LogP contribution in [0.2, 0.25) is 0 Å². The minimum Gasteiger partial charge on any atom is -0.497 e. The van der Waals surface area contributed by atoms with E-state index in [1.165, 1.54) is 12.1 Å². The van der Waals surface area contributed by atoms with Gasteiger partial charge in [-0.15, -0.1) is 0 Å². The fourth-order valence-electron chi connectivity index (χ4n) is 3.70. The summed E-state index contributed by atoms with van der Waals surface area (Å²) in [5.74, 6) is 0.759. The summed E-state index contributed by atoms with van der Waals surface area (Å²) < 4.78 is 10.8. The van der Waals surface area contributed by atoms with Gasteiger partial charge in [-0.2, -0.15) is 0 Å². The highest BCUT2D eigenvalue weighted by Crippen LogP contribution is 2.40. The van der Waals surface area contributed by atoms with E-state index in [1.54, 1.807) is 20.3 Å². The SMILES string of the molecule is COc1ccc([C@@H]2CCCN2Cc2ccc(C(N)=O)cc2[N+](=O)[O-])c(OC)c1. The largest absolute Gasteiger partial charge is 0.497 e. The van der Waals surface area contributed by atoms with E-state index in [0.717, 1.165) is 30.7 Å². The Hall–Kier alpha value is -3.13. The molecule has 2 aromatic rings. The molecule has 0 spiro atoms. The molecule has 0 radical (unpaired) electrons. The van der Waals surface area contributed by atoms with Gasteiger partial charge in [-0.05, 0) is 31.5 Å². The topological polar surface area (TPSA) is 108 Å². The summed E-state index contributed by atoms with van der Waals surface area (Å²) in [5.41, 5.74) is 6.87. The summed E-state index contributed by atoms with van der Waals surface area (Å²) in [5, 5.41) is 11.5. The third-order valence-corrected chi connectivity index (χ3v) is 5.10. The molecule has 1 fully saturated rings. The van der Waals surface area contributed by atoms with Crippen LogP contribution < -0.4 is 15.2 Å². The first-order valence-electron chi connectivity index (χ1n) is 8.97. The van der Waals surface area contributed by atoms with Crippen molar-refractivity contribution in [1.82, 2.24) is 4.90 Å². The molecule has 2 N–H and O–H groups in total. The fourth-order valence-corrected chi connectivity index (χ4v) is 3.70. The second-order valence-corrected chi connectivity index (χ2v) is 6.70. The lowest BCUT2D eigenvalue weighted by Gasteiger charge is -2.26. The van der Waals surface area contributed by atoms with Gasteiger partial charge >= 0.3 is 0 Å². The van der Waals surface area contributed by atoms with Crippen LogP contribution >= 0.6 is 0 Å². The number of hydrogen-bond donors (Lipinski definition) is 1. The Bertz CT molecular complexity index is 899. The molecule has 1 saturated heterocycles. The maximum atomic E-state index is 11.5. The van der Waals surface area contributed by atoms with Crippen molar-refractivity contribution in [3.8, 4) is 11.5 Å². The van der Waals surface area contributed by atoms with Gasteiger partial charge in [0.15, 0.2) is 0 Å². The minimum absolute atomic E-state index is 0.0799. The molecular formula is C20H23N3O5. The van der Waals surface area contributed by atoms with Crippen molar-refractivity contribution in [3.63, 3.8) is 0 Å². The first-order chi connectivity index (χ1) is 13.4. The van der Waals surface area contributed by atoms with Crippen molar-refractivity contribution in [2.45, 2.75) is 25.4 Å². The van der Waals surface area contributed by atoms with Crippen LogP contribution in [0.1, 0.15) is 40.4 Å². The number of nitrogens with two attached hydrogens (primary N) is 1. The highest BCUT2D eigenvalue weighted by atomic mass is 16.6. The van der Waals surface area contributed by atoms with Gasteiger partial charge in [-0.3, -0.25) is 19.8 Å². The number of carbonyl (C=O) groups excluding carboxylic acids is 1. The number of nitrogens with zero attached hydrogens (tertiary/aromatic N) is 2. The molecule has 3 rings (SSSR count). The number of ether oxygens (including phenoxy) is 2. The highest BCUT2D eigenvalue weighted by molar-refractivity contribution is 5.93. The standard InChI is InChI=1S/C20H23N3O5/c1-27-15-7-8-16(19(11-15)28-2)17-4-3-9-22(17)12-14-6-5-13(20(21)24)10-18(14)23(25)26/h5-8,10-11,17H,3-4,9,12H2,1-2H3,(H2,21,24)/t17-/m0/s1. The Kier molecular flexibility index (Phi) is 5.79. The molecule has 2 aromatic carbocycles. The molecule has 1 aliphatic heterocycles. The smallest absolute Gasteiger partial charge is 0.274 e. The molecule has 8 nitrogen and oxygen atoms in total. The second-order valence-electron chi connectivity index (χ2n) is 6.70. The molecule has 148 valence electrons. The van der Waals surface area contributed by atoms with Crippen LogP contribution in [0.5, 0.6) is 11.5 Å². The van der Waals surface area contributed by atoms with Gasteiger partial charge in [-0.25, -0.2) is 0 Å². The van der Waals surface area contributed by atoms with E-state index in [2.05, 4.69) is 4.90 Å². The first-order valence-corrected chi connectivity index (χ1v) is 8.97. The molecule has 0 bridgehead atoms. The number of rotatable bonds is 7. The molecule has 28 heavy (non-hydrogen) atoms. The van der Waals surface area contributed by atoms with Gasteiger partial charge in [0.2, 0.25) is 5.91 Å². The quantitative estimate of drug-likeness (QED) is 0.580. The Balaban J connectivity index is 1.91. The molecule has 0 aromatic heterocycles. The monoisotopic (exact) mass is 385 g/mol. The van der Waals surface area contributed by atoms with Crippen LogP contribution in [-0.2, 0) is 6.54 Å². The Morgan fingerprint density at radius 1 is 1.25 bits per heavy atom. The van der Waals surface area contributed by atoms with Gasteiger partial charge in [-0.1, -0.05) is 12.1 Å². The van der Waals surface area contributed by atoms with Crippen molar-refractivity contribution in [2.24, 2.45) is 5.73 Å². The van der Waals surface area contributed by atoms with Gasteiger partial charge in [0, 0.05) is 41.4 Å². The second kappa shape index (κ2) is 8.26. The summed E-state index contributed by atoms with van der Waals surface area (Å²) in [7, 11) is 3.22. The molecule has 0 unspecified atom stereocenters. The van der Waals surface area contributed by atoms with Crippen LogP contribution in [0.25, 0.3) is 0 Å². The van der Waals surface area contributed by atoms with Crippen LogP contribution in [0.15, 0.2) is 36.4 Å². The number of carbonyl (C=O) groups is 1. The maximum absolute atomic E-state index is 11.5. The highest BCUT2D eigenvalue weighted by Gasteiger charge is 2.30. The molecule has 1 aliphatic rings. The van der Waals surface area contributed by atoms with E-state index in [4.69, 9.17) is 15.2 Å². The molecular weight excluding hydrogens is 362 g/mol. The number of nitro benzene ring substituents is 1. The van der Waals surface area contributed by atoms with E-state index in [-0.39, 0.29) is 17.3 Å². The molecule has 8 heteroatoms. The third kappa shape index (κ3) is 3.91.